The Morgan fingerprint density at radius 1 is 1.31 bits per heavy atom. The van der Waals surface area contributed by atoms with E-state index in [0.29, 0.717) is 13.1 Å². The Balaban J connectivity index is 2.25. The number of likely N-dealkylation sites (tertiary alicyclic amines) is 1. The standard InChI is InChI=1S/C10H19N3O3/c1-10(2,3)16-9(15)13-5-7(6-13)12-8(14)11-4/h7H,5-6H2,1-4H3,(H2,11,12,14). The Morgan fingerprint density at radius 2 is 1.88 bits per heavy atom. The molecular weight excluding hydrogens is 210 g/mol. The molecule has 0 saturated carbocycles. The van der Waals surface area contributed by atoms with Crippen molar-refractivity contribution in [1.82, 2.24) is 15.5 Å². The van der Waals surface area contributed by atoms with Crippen molar-refractivity contribution in [3.63, 3.8) is 0 Å². The van der Waals surface area contributed by atoms with Crippen LogP contribution in [0.3, 0.4) is 0 Å². The van der Waals surface area contributed by atoms with Crippen molar-refractivity contribution in [3.8, 4) is 0 Å². The van der Waals surface area contributed by atoms with Crippen LogP contribution in [0.5, 0.6) is 0 Å². The van der Waals surface area contributed by atoms with E-state index >= 15 is 0 Å². The molecule has 3 amide bonds. The number of hydrogen-bond acceptors (Lipinski definition) is 3. The van der Waals surface area contributed by atoms with E-state index in [0.717, 1.165) is 0 Å². The lowest BCUT2D eigenvalue weighted by Gasteiger charge is -2.39. The molecule has 1 saturated heterocycles. The second-order valence-corrected chi connectivity index (χ2v) is 4.81. The van der Waals surface area contributed by atoms with Gasteiger partial charge in [-0.05, 0) is 20.8 Å². The number of carbonyl (C=O) groups excluding carboxylic acids is 2. The lowest BCUT2D eigenvalue weighted by molar-refractivity contribution is 0.00635. The van der Waals surface area contributed by atoms with Crippen LogP contribution in [0.15, 0.2) is 0 Å². The molecule has 0 unspecified atom stereocenters. The Morgan fingerprint density at radius 3 is 2.31 bits per heavy atom. The van der Waals surface area contributed by atoms with Gasteiger partial charge in [-0.3, -0.25) is 0 Å². The molecular formula is C10H19N3O3. The summed E-state index contributed by atoms with van der Waals surface area (Å²) in [6.45, 7) is 6.48. The Hall–Kier alpha value is -1.46. The second-order valence-electron chi connectivity index (χ2n) is 4.81. The fraction of sp³-hybridized carbons (Fsp3) is 0.800. The van der Waals surface area contributed by atoms with Crippen molar-refractivity contribution in [2.24, 2.45) is 0 Å². The summed E-state index contributed by atoms with van der Waals surface area (Å²) in [5.41, 5.74) is -0.476. The van der Waals surface area contributed by atoms with Crippen LogP contribution in [0, 0.1) is 0 Å². The third kappa shape index (κ3) is 3.60. The van der Waals surface area contributed by atoms with Crippen molar-refractivity contribution < 1.29 is 14.3 Å². The summed E-state index contributed by atoms with van der Waals surface area (Å²) in [5.74, 6) is 0. The van der Waals surface area contributed by atoms with Gasteiger partial charge in [0.25, 0.3) is 0 Å². The minimum Gasteiger partial charge on any atom is -0.444 e. The summed E-state index contributed by atoms with van der Waals surface area (Å²) in [6.07, 6.45) is -0.331. The highest BCUT2D eigenvalue weighted by Crippen LogP contribution is 2.14. The summed E-state index contributed by atoms with van der Waals surface area (Å²) < 4.78 is 5.18. The molecule has 1 heterocycles. The summed E-state index contributed by atoms with van der Waals surface area (Å²) >= 11 is 0. The monoisotopic (exact) mass is 229 g/mol. The molecule has 0 aromatic rings. The first-order chi connectivity index (χ1) is 7.31. The van der Waals surface area contributed by atoms with Gasteiger partial charge in [0, 0.05) is 20.1 Å². The predicted molar refractivity (Wildman–Crippen MR) is 59.2 cm³/mol. The van der Waals surface area contributed by atoms with Gasteiger partial charge in [-0.25, -0.2) is 9.59 Å². The maximum Gasteiger partial charge on any atom is 0.410 e. The average molecular weight is 229 g/mol. The first-order valence-corrected chi connectivity index (χ1v) is 5.28. The van der Waals surface area contributed by atoms with E-state index in [9.17, 15) is 9.59 Å². The third-order valence-electron chi connectivity index (χ3n) is 2.10. The van der Waals surface area contributed by atoms with Crippen LogP contribution in [-0.4, -0.2) is 48.8 Å². The molecule has 6 heteroatoms. The molecule has 0 aliphatic carbocycles. The van der Waals surface area contributed by atoms with Gasteiger partial charge < -0.3 is 20.3 Å². The number of amides is 3. The third-order valence-corrected chi connectivity index (χ3v) is 2.10. The van der Waals surface area contributed by atoms with Gasteiger partial charge in [-0.1, -0.05) is 0 Å². The molecule has 1 aliphatic heterocycles. The molecule has 0 aromatic heterocycles. The maximum atomic E-state index is 11.5. The number of hydrogen-bond donors (Lipinski definition) is 2. The van der Waals surface area contributed by atoms with E-state index < -0.39 is 5.60 Å². The van der Waals surface area contributed by atoms with Crippen molar-refractivity contribution in [2.45, 2.75) is 32.4 Å². The highest BCUT2D eigenvalue weighted by atomic mass is 16.6. The molecule has 1 fully saturated rings. The molecule has 1 aliphatic rings. The molecule has 0 atom stereocenters. The number of urea groups is 1. The number of ether oxygens (including phenoxy) is 1. The molecule has 0 bridgehead atoms. The number of nitrogens with one attached hydrogen (secondary N) is 2. The molecule has 2 N–H and O–H groups in total. The molecule has 6 nitrogen and oxygen atoms in total. The second kappa shape index (κ2) is 4.59. The van der Waals surface area contributed by atoms with Gasteiger partial charge in [0.05, 0.1) is 6.04 Å². The van der Waals surface area contributed by atoms with E-state index in [1.807, 2.05) is 20.8 Å². The van der Waals surface area contributed by atoms with Crippen LogP contribution in [0.2, 0.25) is 0 Å². The van der Waals surface area contributed by atoms with Gasteiger partial charge in [0.1, 0.15) is 5.60 Å². The smallest absolute Gasteiger partial charge is 0.410 e. The van der Waals surface area contributed by atoms with Crippen LogP contribution in [0.1, 0.15) is 20.8 Å². The highest BCUT2D eigenvalue weighted by molar-refractivity contribution is 5.75. The van der Waals surface area contributed by atoms with Crippen LogP contribution < -0.4 is 10.6 Å². The van der Waals surface area contributed by atoms with Crippen molar-refractivity contribution >= 4 is 12.1 Å². The first-order valence-electron chi connectivity index (χ1n) is 5.28. The Labute approximate surface area is 95.3 Å². The maximum absolute atomic E-state index is 11.5. The summed E-state index contributed by atoms with van der Waals surface area (Å²) in [7, 11) is 1.56. The van der Waals surface area contributed by atoms with Crippen LogP contribution in [0.4, 0.5) is 9.59 Å². The van der Waals surface area contributed by atoms with Gasteiger partial charge >= 0.3 is 12.1 Å². The van der Waals surface area contributed by atoms with Crippen LogP contribution in [0.25, 0.3) is 0 Å². The van der Waals surface area contributed by atoms with Crippen LogP contribution in [-0.2, 0) is 4.74 Å². The van der Waals surface area contributed by atoms with Gasteiger partial charge in [0.15, 0.2) is 0 Å². The molecule has 1 rings (SSSR count). The summed E-state index contributed by atoms with van der Waals surface area (Å²) in [5, 5.41) is 5.18. The zero-order chi connectivity index (χ0) is 12.3. The van der Waals surface area contributed by atoms with Gasteiger partial charge in [-0.15, -0.1) is 0 Å². The fourth-order valence-corrected chi connectivity index (χ4v) is 1.30. The molecule has 0 spiro atoms. The molecule has 16 heavy (non-hydrogen) atoms. The molecule has 0 radical (unpaired) electrons. The summed E-state index contributed by atoms with van der Waals surface area (Å²) in [4.78, 5) is 24.0. The highest BCUT2D eigenvalue weighted by Gasteiger charge is 2.34. The van der Waals surface area contributed by atoms with Crippen LogP contribution >= 0.6 is 0 Å². The van der Waals surface area contributed by atoms with Crippen molar-refractivity contribution in [2.75, 3.05) is 20.1 Å². The largest absolute Gasteiger partial charge is 0.444 e. The van der Waals surface area contributed by atoms with E-state index in [-0.39, 0.29) is 18.2 Å². The van der Waals surface area contributed by atoms with E-state index in [4.69, 9.17) is 4.74 Å². The molecule has 0 aromatic carbocycles. The summed E-state index contributed by atoms with van der Waals surface area (Å²) in [6, 6.07) is -0.207. The minimum atomic E-state index is -0.476. The average Bonchev–Trinajstić information content (AvgIpc) is 2.06. The van der Waals surface area contributed by atoms with E-state index in [1.54, 1.807) is 11.9 Å². The van der Waals surface area contributed by atoms with Gasteiger partial charge in [-0.2, -0.15) is 0 Å². The lowest BCUT2D eigenvalue weighted by Crippen LogP contribution is -2.62. The quantitative estimate of drug-likeness (QED) is 0.689. The molecule has 92 valence electrons. The zero-order valence-electron chi connectivity index (χ0n) is 10.2. The van der Waals surface area contributed by atoms with Gasteiger partial charge in [0.2, 0.25) is 0 Å². The topological polar surface area (TPSA) is 70.7 Å². The van der Waals surface area contributed by atoms with Crippen molar-refractivity contribution in [1.29, 1.82) is 0 Å². The minimum absolute atomic E-state index is 0.0208. The fourth-order valence-electron chi connectivity index (χ4n) is 1.30. The number of carbonyl (C=O) groups is 2. The number of rotatable bonds is 1. The van der Waals surface area contributed by atoms with E-state index in [1.165, 1.54) is 0 Å². The lowest BCUT2D eigenvalue weighted by atomic mass is 10.1. The Kier molecular flexibility index (Phi) is 3.62. The predicted octanol–water partition coefficient (Wildman–Crippen LogP) is 0.535. The first kappa shape index (κ1) is 12.6. The normalized spacial score (nSPS) is 16.4. The van der Waals surface area contributed by atoms with Crippen molar-refractivity contribution in [3.05, 3.63) is 0 Å². The number of nitrogens with zero attached hydrogens (tertiary/aromatic N) is 1. The zero-order valence-corrected chi connectivity index (χ0v) is 10.2. The Bertz CT molecular complexity index is 280. The van der Waals surface area contributed by atoms with E-state index in [2.05, 4.69) is 10.6 Å². The SMILES string of the molecule is CNC(=O)NC1CN(C(=O)OC(C)(C)C)C1.